The molecule has 10 nitrogen and oxygen atoms in total. The fourth-order valence-corrected chi connectivity index (χ4v) is 2.19. The fraction of sp³-hybridized carbons (Fsp3) is 0.714. The van der Waals surface area contributed by atoms with E-state index in [2.05, 4.69) is 0 Å². The molecule has 1 aliphatic rings. The summed E-state index contributed by atoms with van der Waals surface area (Å²) in [5.41, 5.74) is 0. The number of hydrogen-bond donors (Lipinski definition) is 0. The fourth-order valence-electron chi connectivity index (χ4n) is 2.19. The van der Waals surface area contributed by atoms with Gasteiger partial charge in [-0.15, -0.1) is 0 Å². The first-order valence-electron chi connectivity index (χ1n) is 7.08. The van der Waals surface area contributed by atoms with Crippen LogP contribution in [0, 0.1) is 0 Å². The molecule has 0 aromatic carbocycles. The van der Waals surface area contributed by atoms with Crippen LogP contribution in [0.15, 0.2) is 0 Å². The van der Waals surface area contributed by atoms with Crippen molar-refractivity contribution in [2.75, 3.05) is 6.61 Å². The summed E-state index contributed by atoms with van der Waals surface area (Å²) in [6.45, 7) is 3.97. The predicted molar refractivity (Wildman–Crippen MR) is 72.6 cm³/mol. The quantitative estimate of drug-likeness (QED) is 0.476. The summed E-state index contributed by atoms with van der Waals surface area (Å²) >= 11 is 0. The van der Waals surface area contributed by atoms with Crippen molar-refractivity contribution in [2.24, 2.45) is 0 Å². The van der Waals surface area contributed by atoms with Crippen LogP contribution in [0.1, 0.15) is 27.7 Å². The number of rotatable bonds is 5. The van der Waals surface area contributed by atoms with Crippen LogP contribution in [0.25, 0.3) is 0 Å². The Labute approximate surface area is 137 Å². The van der Waals surface area contributed by atoms with Gasteiger partial charge in [-0.25, -0.2) is 0 Å². The zero-order valence-corrected chi connectivity index (χ0v) is 13.7. The zero-order valence-electron chi connectivity index (χ0n) is 13.7. The van der Waals surface area contributed by atoms with E-state index in [1.165, 1.54) is 0 Å². The van der Waals surface area contributed by atoms with Gasteiger partial charge in [0.1, 0.15) is 12.7 Å². The molecule has 10 heteroatoms. The SMILES string of the molecule is CC(=O)OC[C@H]1O[C@@H]([O])[C@H](OC(C)=O)[C@@H](OC(C)=O)[C@H]1OC(C)=O. The number of ether oxygens (including phenoxy) is 5. The third-order valence-corrected chi connectivity index (χ3v) is 2.95. The van der Waals surface area contributed by atoms with E-state index in [0.29, 0.717) is 0 Å². The maximum absolute atomic E-state index is 12.1. The normalized spacial score (nSPS) is 29.3. The first-order valence-corrected chi connectivity index (χ1v) is 7.08. The van der Waals surface area contributed by atoms with Crippen molar-refractivity contribution < 1.29 is 48.0 Å². The molecule has 0 N–H and O–H groups in total. The number of carbonyl (C=O) groups excluding carboxylic acids is 4. The minimum absolute atomic E-state index is 0.406. The Morgan fingerprint density at radius 2 is 1.21 bits per heavy atom. The van der Waals surface area contributed by atoms with E-state index in [9.17, 15) is 24.3 Å². The molecule has 1 saturated heterocycles. The van der Waals surface area contributed by atoms with Crippen LogP contribution in [-0.4, -0.2) is 61.2 Å². The van der Waals surface area contributed by atoms with Crippen LogP contribution in [0.4, 0.5) is 0 Å². The van der Waals surface area contributed by atoms with E-state index < -0.39 is 61.2 Å². The van der Waals surface area contributed by atoms with E-state index >= 15 is 0 Å². The molecule has 0 amide bonds. The molecular weight excluding hydrogens is 328 g/mol. The molecule has 0 spiro atoms. The van der Waals surface area contributed by atoms with Crippen LogP contribution in [0.2, 0.25) is 0 Å². The lowest BCUT2D eigenvalue weighted by molar-refractivity contribution is -0.310. The third-order valence-electron chi connectivity index (χ3n) is 2.95. The Morgan fingerprint density at radius 1 is 0.750 bits per heavy atom. The summed E-state index contributed by atoms with van der Waals surface area (Å²) in [5.74, 6) is -2.98. The molecule has 0 aliphatic carbocycles. The Morgan fingerprint density at radius 3 is 1.67 bits per heavy atom. The zero-order chi connectivity index (χ0) is 18.4. The molecule has 0 aromatic heterocycles. The Kier molecular flexibility index (Phi) is 7.11. The molecule has 0 bridgehead atoms. The van der Waals surface area contributed by atoms with Gasteiger partial charge in [-0.1, -0.05) is 0 Å². The number of esters is 4. The highest BCUT2D eigenvalue weighted by molar-refractivity contribution is 5.68. The van der Waals surface area contributed by atoms with Crippen molar-refractivity contribution in [3.63, 3.8) is 0 Å². The van der Waals surface area contributed by atoms with Gasteiger partial charge in [-0.3, -0.25) is 19.2 Å². The Balaban J connectivity index is 3.11. The van der Waals surface area contributed by atoms with E-state index in [0.717, 1.165) is 27.7 Å². The Hall–Kier alpha value is -2.20. The average Bonchev–Trinajstić information content (AvgIpc) is 2.42. The summed E-state index contributed by atoms with van der Waals surface area (Å²) in [4.78, 5) is 44.8. The molecule has 0 unspecified atom stereocenters. The monoisotopic (exact) mass is 347 g/mol. The van der Waals surface area contributed by atoms with Crippen LogP contribution >= 0.6 is 0 Å². The molecule has 1 fully saturated rings. The van der Waals surface area contributed by atoms with Crippen molar-refractivity contribution in [1.29, 1.82) is 0 Å². The lowest BCUT2D eigenvalue weighted by Gasteiger charge is -2.41. The summed E-state index contributed by atoms with van der Waals surface area (Å²) in [6.07, 6.45) is -7.32. The summed E-state index contributed by atoms with van der Waals surface area (Å²) < 4.78 is 24.8. The van der Waals surface area contributed by atoms with Gasteiger partial charge < -0.3 is 23.7 Å². The second-order valence-corrected chi connectivity index (χ2v) is 5.07. The second kappa shape index (κ2) is 8.60. The predicted octanol–water partition coefficient (Wildman–Crippen LogP) is -0.500. The maximum atomic E-state index is 12.1. The van der Waals surface area contributed by atoms with Crippen LogP contribution in [-0.2, 0) is 48.0 Å². The van der Waals surface area contributed by atoms with E-state index in [1.54, 1.807) is 0 Å². The largest absolute Gasteiger partial charge is 0.463 e. The first-order chi connectivity index (χ1) is 11.1. The lowest BCUT2D eigenvalue weighted by atomic mass is 9.98. The summed E-state index contributed by atoms with van der Waals surface area (Å²) in [5, 5.41) is 12.1. The Bertz CT molecular complexity index is 502. The molecule has 1 rings (SSSR count). The van der Waals surface area contributed by atoms with Gasteiger partial charge in [0.25, 0.3) is 0 Å². The molecule has 1 aliphatic heterocycles. The first kappa shape index (κ1) is 19.8. The van der Waals surface area contributed by atoms with Gasteiger partial charge in [0.15, 0.2) is 18.3 Å². The molecule has 0 aromatic rings. The smallest absolute Gasteiger partial charge is 0.303 e. The van der Waals surface area contributed by atoms with Crippen molar-refractivity contribution in [1.82, 2.24) is 0 Å². The standard InChI is InChI=1S/C14H19O10/c1-6(15)20-5-10-11(21-7(2)16)12(22-8(3)17)13(14(19)24-10)23-9(4)18/h10-14H,5H2,1-4H3/t10-,11+,12+,13-,14-/m1/s1. The molecule has 1 radical (unpaired) electrons. The highest BCUT2D eigenvalue weighted by atomic mass is 16.7. The molecule has 5 atom stereocenters. The van der Waals surface area contributed by atoms with Crippen molar-refractivity contribution in [2.45, 2.75) is 58.4 Å². The minimum atomic E-state index is -1.93. The van der Waals surface area contributed by atoms with Crippen molar-refractivity contribution >= 4 is 23.9 Å². The molecule has 1 heterocycles. The summed E-state index contributed by atoms with van der Waals surface area (Å²) in [7, 11) is 0. The summed E-state index contributed by atoms with van der Waals surface area (Å²) in [6, 6.07) is 0. The highest BCUT2D eigenvalue weighted by Gasteiger charge is 2.52. The van der Waals surface area contributed by atoms with E-state index in [1.807, 2.05) is 0 Å². The topological polar surface area (TPSA) is 134 Å². The average molecular weight is 347 g/mol. The maximum Gasteiger partial charge on any atom is 0.303 e. The third kappa shape index (κ3) is 5.78. The van der Waals surface area contributed by atoms with Gasteiger partial charge >= 0.3 is 23.9 Å². The lowest BCUT2D eigenvalue weighted by Crippen LogP contribution is -2.62. The minimum Gasteiger partial charge on any atom is -0.463 e. The van der Waals surface area contributed by atoms with Crippen molar-refractivity contribution in [3.8, 4) is 0 Å². The molecule has 24 heavy (non-hydrogen) atoms. The van der Waals surface area contributed by atoms with Crippen LogP contribution < -0.4 is 0 Å². The van der Waals surface area contributed by atoms with E-state index in [4.69, 9.17) is 23.7 Å². The van der Waals surface area contributed by atoms with E-state index in [-0.39, 0.29) is 0 Å². The van der Waals surface area contributed by atoms with Gasteiger partial charge in [0.05, 0.1) is 0 Å². The molecule has 135 valence electrons. The van der Waals surface area contributed by atoms with Gasteiger partial charge in [-0.2, -0.15) is 5.11 Å². The molecule has 0 saturated carbocycles. The highest BCUT2D eigenvalue weighted by Crippen LogP contribution is 2.28. The molecular formula is C14H19O10. The number of carbonyl (C=O) groups is 4. The van der Waals surface area contributed by atoms with Gasteiger partial charge in [-0.05, 0) is 0 Å². The van der Waals surface area contributed by atoms with Crippen LogP contribution in [0.3, 0.4) is 0 Å². The van der Waals surface area contributed by atoms with Gasteiger partial charge in [0, 0.05) is 27.7 Å². The van der Waals surface area contributed by atoms with Gasteiger partial charge in [0.2, 0.25) is 6.29 Å². The number of hydrogen-bond acceptors (Lipinski definition) is 9. The van der Waals surface area contributed by atoms with Crippen LogP contribution in [0.5, 0.6) is 0 Å². The second-order valence-electron chi connectivity index (χ2n) is 5.07. The van der Waals surface area contributed by atoms with Crippen molar-refractivity contribution in [3.05, 3.63) is 0 Å².